The van der Waals surface area contributed by atoms with Crippen LogP contribution < -0.4 is 0 Å². The van der Waals surface area contributed by atoms with Crippen molar-refractivity contribution < 1.29 is 0 Å². The molecule has 3 heterocycles. The minimum atomic E-state index is 0.963. The predicted octanol–water partition coefficient (Wildman–Crippen LogP) is 9.87. The quantitative estimate of drug-likeness (QED) is 0.212. The van der Waals surface area contributed by atoms with Gasteiger partial charge in [-0.1, -0.05) is 109 Å². The molecule has 0 aliphatic carbocycles. The van der Waals surface area contributed by atoms with Crippen LogP contribution >= 0.6 is 0 Å². The van der Waals surface area contributed by atoms with Gasteiger partial charge in [0.2, 0.25) is 0 Å². The highest BCUT2D eigenvalue weighted by molar-refractivity contribution is 5.88. The van der Waals surface area contributed by atoms with E-state index in [9.17, 15) is 0 Å². The molecule has 0 aliphatic heterocycles. The summed E-state index contributed by atoms with van der Waals surface area (Å²) in [5, 5.41) is 0. The Bertz CT molecular complexity index is 1920. The van der Waals surface area contributed by atoms with Gasteiger partial charge < -0.3 is 0 Å². The van der Waals surface area contributed by atoms with Gasteiger partial charge in [-0.15, -0.1) is 0 Å². The highest BCUT2D eigenvalue weighted by Gasteiger charge is 2.12. The zero-order chi connectivity index (χ0) is 28.1. The maximum absolute atomic E-state index is 4.82. The van der Waals surface area contributed by atoms with E-state index in [1.165, 1.54) is 0 Å². The summed E-state index contributed by atoms with van der Waals surface area (Å²) in [6.45, 7) is 0. The first kappa shape index (κ1) is 25.3. The Morgan fingerprint density at radius 3 is 1.36 bits per heavy atom. The van der Waals surface area contributed by atoms with Crippen LogP contribution in [0.4, 0.5) is 0 Å². The molecule has 7 aromatic rings. The average Bonchev–Trinajstić information content (AvgIpc) is 3.09. The zero-order valence-corrected chi connectivity index (χ0v) is 22.9. The molecule has 4 aromatic carbocycles. The molecule has 198 valence electrons. The molecule has 0 fully saturated rings. The molecule has 0 radical (unpaired) electrons. The lowest BCUT2D eigenvalue weighted by atomic mass is 9.90. The van der Waals surface area contributed by atoms with Gasteiger partial charge in [0.15, 0.2) is 0 Å². The lowest BCUT2D eigenvalue weighted by Crippen LogP contribution is -1.90. The smallest absolute Gasteiger partial charge is 0.0702 e. The third-order valence-corrected chi connectivity index (χ3v) is 7.50. The summed E-state index contributed by atoms with van der Waals surface area (Å²) in [6.07, 6.45) is 5.63. The van der Waals surface area contributed by atoms with Crippen molar-refractivity contribution in [2.45, 2.75) is 0 Å². The van der Waals surface area contributed by atoms with Crippen LogP contribution in [0.2, 0.25) is 0 Å². The molecule has 0 saturated carbocycles. The summed E-state index contributed by atoms with van der Waals surface area (Å²) in [4.78, 5) is 13.8. The van der Waals surface area contributed by atoms with Gasteiger partial charge in [0.1, 0.15) is 0 Å². The first-order valence-electron chi connectivity index (χ1n) is 14.0. The Morgan fingerprint density at radius 1 is 0.286 bits per heavy atom. The van der Waals surface area contributed by atoms with Gasteiger partial charge in [-0.3, -0.25) is 15.0 Å². The zero-order valence-electron chi connectivity index (χ0n) is 22.9. The molecule has 0 saturated heterocycles. The molecule has 0 spiro atoms. The Labute approximate surface area is 245 Å². The SMILES string of the molecule is c1ccc(-c2ccc(-c3ccc(-c4ccc(-c5ccccn5)cc4)cc3-c3ccc(-c4ccccn4)cc3)cn2)cc1. The lowest BCUT2D eigenvalue weighted by molar-refractivity contribution is 1.32. The van der Waals surface area contributed by atoms with E-state index in [1.807, 2.05) is 73.2 Å². The highest BCUT2D eigenvalue weighted by atomic mass is 14.7. The average molecular weight is 538 g/mol. The number of benzene rings is 4. The van der Waals surface area contributed by atoms with E-state index in [0.717, 1.165) is 67.2 Å². The van der Waals surface area contributed by atoms with Gasteiger partial charge in [-0.25, -0.2) is 0 Å². The van der Waals surface area contributed by atoms with E-state index >= 15 is 0 Å². The Hall–Kier alpha value is -5.67. The van der Waals surface area contributed by atoms with Crippen LogP contribution in [0.3, 0.4) is 0 Å². The largest absolute Gasteiger partial charge is 0.256 e. The second kappa shape index (κ2) is 11.4. The van der Waals surface area contributed by atoms with Crippen molar-refractivity contribution in [3.8, 4) is 67.2 Å². The lowest BCUT2D eigenvalue weighted by Gasteiger charge is -2.14. The van der Waals surface area contributed by atoms with E-state index < -0.39 is 0 Å². The molecule has 0 amide bonds. The minimum Gasteiger partial charge on any atom is -0.256 e. The standard InChI is InChI=1S/C39H27N3/c1-2-8-30(9-3-1)39-23-21-34(27-42-39)35-22-20-33(28-12-16-31(17-13-28)37-10-4-6-24-40-37)26-36(35)29-14-18-32(19-15-29)38-11-5-7-25-41-38/h1-27H. The molecule has 3 heteroatoms. The van der Waals surface area contributed by atoms with Crippen molar-refractivity contribution in [2.75, 3.05) is 0 Å². The van der Waals surface area contributed by atoms with Crippen molar-refractivity contribution in [3.63, 3.8) is 0 Å². The number of pyridine rings is 3. The van der Waals surface area contributed by atoms with Crippen LogP contribution in [-0.2, 0) is 0 Å². The van der Waals surface area contributed by atoms with Gasteiger partial charge in [0.25, 0.3) is 0 Å². The van der Waals surface area contributed by atoms with Gasteiger partial charge in [-0.2, -0.15) is 0 Å². The number of hydrogen-bond acceptors (Lipinski definition) is 3. The Morgan fingerprint density at radius 2 is 0.786 bits per heavy atom. The molecule has 3 nitrogen and oxygen atoms in total. The van der Waals surface area contributed by atoms with Crippen molar-refractivity contribution >= 4 is 0 Å². The second-order valence-electron chi connectivity index (χ2n) is 10.1. The summed E-state index contributed by atoms with van der Waals surface area (Å²) in [7, 11) is 0. The van der Waals surface area contributed by atoms with E-state index in [2.05, 4.69) is 101 Å². The topological polar surface area (TPSA) is 38.7 Å². The summed E-state index contributed by atoms with van der Waals surface area (Å²) in [6, 6.07) is 50.5. The fraction of sp³-hybridized carbons (Fsp3) is 0. The molecule has 0 unspecified atom stereocenters. The normalized spacial score (nSPS) is 10.9. The van der Waals surface area contributed by atoms with E-state index in [0.29, 0.717) is 0 Å². The van der Waals surface area contributed by atoms with Crippen LogP contribution in [0.1, 0.15) is 0 Å². The molecule has 0 aliphatic rings. The summed E-state index contributed by atoms with van der Waals surface area (Å²) < 4.78 is 0. The van der Waals surface area contributed by atoms with Crippen molar-refractivity contribution in [1.29, 1.82) is 0 Å². The summed E-state index contributed by atoms with van der Waals surface area (Å²) in [5.74, 6) is 0. The Balaban J connectivity index is 1.29. The molecule has 3 aromatic heterocycles. The third-order valence-electron chi connectivity index (χ3n) is 7.50. The van der Waals surface area contributed by atoms with Gasteiger partial charge in [0.05, 0.1) is 17.1 Å². The molecule has 0 N–H and O–H groups in total. The first-order chi connectivity index (χ1) is 20.8. The second-order valence-corrected chi connectivity index (χ2v) is 10.1. The van der Waals surface area contributed by atoms with Crippen LogP contribution in [0.15, 0.2) is 164 Å². The molecular formula is C39H27N3. The molecule has 7 rings (SSSR count). The van der Waals surface area contributed by atoms with Crippen LogP contribution in [0.25, 0.3) is 67.2 Å². The molecule has 42 heavy (non-hydrogen) atoms. The fourth-order valence-electron chi connectivity index (χ4n) is 5.27. The molecule has 0 atom stereocenters. The van der Waals surface area contributed by atoms with E-state index in [4.69, 9.17) is 4.98 Å². The number of hydrogen-bond donors (Lipinski definition) is 0. The fourth-order valence-corrected chi connectivity index (χ4v) is 5.27. The summed E-state index contributed by atoms with van der Waals surface area (Å²) >= 11 is 0. The van der Waals surface area contributed by atoms with E-state index in [-0.39, 0.29) is 0 Å². The predicted molar refractivity (Wildman–Crippen MR) is 172 cm³/mol. The summed E-state index contributed by atoms with van der Waals surface area (Å²) in [5.41, 5.74) is 13.0. The molecule has 0 bridgehead atoms. The maximum atomic E-state index is 4.82. The van der Waals surface area contributed by atoms with Crippen molar-refractivity contribution in [3.05, 3.63) is 164 Å². The van der Waals surface area contributed by atoms with Crippen molar-refractivity contribution in [1.82, 2.24) is 15.0 Å². The monoisotopic (exact) mass is 537 g/mol. The molecular weight excluding hydrogens is 510 g/mol. The number of aromatic nitrogens is 3. The van der Waals surface area contributed by atoms with Crippen LogP contribution in [0.5, 0.6) is 0 Å². The van der Waals surface area contributed by atoms with E-state index in [1.54, 1.807) is 0 Å². The minimum absolute atomic E-state index is 0.963. The maximum Gasteiger partial charge on any atom is 0.0702 e. The van der Waals surface area contributed by atoms with Gasteiger partial charge >= 0.3 is 0 Å². The van der Waals surface area contributed by atoms with Gasteiger partial charge in [0, 0.05) is 40.8 Å². The highest BCUT2D eigenvalue weighted by Crippen LogP contribution is 2.37. The first-order valence-corrected chi connectivity index (χ1v) is 14.0. The third kappa shape index (κ3) is 5.24. The van der Waals surface area contributed by atoms with Gasteiger partial charge in [-0.05, 0) is 64.2 Å². The van der Waals surface area contributed by atoms with Crippen LogP contribution in [-0.4, -0.2) is 15.0 Å². The number of rotatable bonds is 6. The Kier molecular flexibility index (Phi) is 6.89. The van der Waals surface area contributed by atoms with Crippen LogP contribution in [0, 0.1) is 0 Å². The number of nitrogens with zero attached hydrogens (tertiary/aromatic N) is 3. The van der Waals surface area contributed by atoms with Crippen molar-refractivity contribution in [2.24, 2.45) is 0 Å².